The molecule has 0 fully saturated rings. The molecule has 0 aliphatic carbocycles. The molecule has 0 N–H and O–H groups in total. The van der Waals surface area contributed by atoms with Gasteiger partial charge >= 0.3 is 0 Å². The Labute approximate surface area is 789 Å². The van der Waals surface area contributed by atoms with E-state index in [0.717, 1.165) is 200 Å². The number of para-hydroxylation sites is 5. The van der Waals surface area contributed by atoms with Crippen molar-refractivity contribution in [3.8, 4) is 100 Å². The Hall–Kier alpha value is -17.4. The Morgan fingerprint density at radius 3 is 0.926 bits per heavy atom. The first-order valence-electron chi connectivity index (χ1n) is 46.2. The van der Waals surface area contributed by atoms with Crippen molar-refractivity contribution in [2.75, 3.05) is 9.80 Å². The van der Waals surface area contributed by atoms with E-state index in [1.54, 1.807) is 0 Å². The van der Waals surface area contributed by atoms with Crippen molar-refractivity contribution in [3.63, 3.8) is 0 Å². The van der Waals surface area contributed by atoms with Gasteiger partial charge in [0.25, 0.3) is 0 Å². The molecule has 0 unspecified atom stereocenters. The van der Waals surface area contributed by atoms with Crippen LogP contribution in [-0.4, -0.2) is 0 Å². The van der Waals surface area contributed by atoms with Gasteiger partial charge in [0, 0.05) is 129 Å². The van der Waals surface area contributed by atoms with Crippen LogP contribution in [0.25, 0.3) is 250 Å². The van der Waals surface area contributed by atoms with Gasteiger partial charge < -0.3 is 27.5 Å². The summed E-state index contributed by atoms with van der Waals surface area (Å²) in [6.45, 7) is 0. The van der Waals surface area contributed by atoms with Crippen molar-refractivity contribution in [2.24, 2.45) is 0 Å². The fraction of sp³-hybridized carbons (Fsp3) is 0. The minimum Gasteiger partial charge on any atom is -0.456 e. The number of hydrogen-bond acceptors (Lipinski definition) is 8. The molecule has 22 aromatic carbocycles. The number of fused-ring (bicyclic) bond motifs is 20. The summed E-state index contributed by atoms with van der Waals surface area (Å²) in [5.41, 5.74) is 33.8. The second kappa shape index (κ2) is 31.1. The summed E-state index contributed by atoms with van der Waals surface area (Å²) in [7, 11) is 0. The maximum Gasteiger partial charge on any atom is 0.143 e. The molecule has 136 heavy (non-hydrogen) atoms. The van der Waals surface area contributed by atoms with Crippen molar-refractivity contribution in [1.82, 2.24) is 0 Å². The first-order valence-corrected chi connectivity index (χ1v) is 47.8. The van der Waals surface area contributed by atoms with Crippen LogP contribution in [0.2, 0.25) is 0 Å². The summed E-state index contributed by atoms with van der Waals surface area (Å²) >= 11 is 3.70. The number of hydrogen-bond donors (Lipinski definition) is 0. The van der Waals surface area contributed by atoms with Gasteiger partial charge in [-0.15, -0.1) is 22.7 Å². The first-order chi connectivity index (χ1) is 67.3. The van der Waals surface area contributed by atoms with Gasteiger partial charge in [0.15, 0.2) is 0 Å². The molecule has 0 saturated heterocycles. The van der Waals surface area contributed by atoms with E-state index in [0.29, 0.717) is 0 Å². The maximum absolute atomic E-state index is 7.09. The zero-order valence-electron chi connectivity index (χ0n) is 73.2. The first kappa shape index (κ1) is 77.4. The Balaban J connectivity index is 0.492. The van der Waals surface area contributed by atoms with Crippen LogP contribution in [0.5, 0.6) is 0 Å². The highest BCUT2D eigenvalue weighted by Gasteiger charge is 2.25. The molecule has 0 aliphatic rings. The quantitative estimate of drug-likeness (QED) is 0.102. The topological polar surface area (TPSA) is 59.0 Å². The van der Waals surface area contributed by atoms with Crippen molar-refractivity contribution < 1.29 is 17.7 Å². The van der Waals surface area contributed by atoms with E-state index in [1.807, 2.05) is 59.1 Å². The molecule has 6 heterocycles. The van der Waals surface area contributed by atoms with Gasteiger partial charge in [0.2, 0.25) is 0 Å². The van der Waals surface area contributed by atoms with Crippen molar-refractivity contribution in [1.29, 1.82) is 0 Å². The number of rotatable bonds is 15. The zero-order valence-corrected chi connectivity index (χ0v) is 74.9. The van der Waals surface area contributed by atoms with E-state index >= 15 is 0 Å². The molecule has 0 saturated carbocycles. The fourth-order valence-electron chi connectivity index (χ4n) is 21.4. The van der Waals surface area contributed by atoms with Gasteiger partial charge in [0.05, 0.1) is 0 Å². The van der Waals surface area contributed by atoms with Crippen LogP contribution in [0.15, 0.2) is 479 Å². The molecule has 6 aromatic heterocycles. The highest BCUT2D eigenvalue weighted by molar-refractivity contribution is 7.26. The van der Waals surface area contributed by atoms with E-state index in [9.17, 15) is 0 Å². The third kappa shape index (κ3) is 12.7. The van der Waals surface area contributed by atoms with E-state index < -0.39 is 0 Å². The molecule has 0 radical (unpaired) electrons. The average Bonchev–Trinajstić information content (AvgIpc) is 1.58. The van der Waals surface area contributed by atoms with Gasteiger partial charge in [-0.05, 0) is 274 Å². The molecule has 0 amide bonds. The standard InChI is InChI=1S/C128H76N2O4S2/c1-6-27-112-105(16-1)106-26-11-25-103(127(106)133-112)90-43-41-86-73-84(37-39-88(86)75-90)78-46-59-93(60-47-78)130(95-63-50-80(51-64-95)99-23-14-34-119-124(99)110-20-5-10-33-118(110)135-119)97-67-54-82(55-68-97)102-70-71-104(128-126(102)109-19-4-9-30-115(109)134-128)91-56-69-111-121(76-91)136-120-35-15-24-100(125(111)120)81-52-65-96(66-53-81)129(94-61-48-79(49-62-94)98-21-12-31-116-122(98)107-17-2-7-28-113(107)131-116)92-57-44-77(45-58-92)83-36-38-87-74-89(42-40-85(87)72-83)101-22-13-32-117-123(101)108-18-3-8-29-114(108)132-117/h1-76H. The number of furan rings is 4. The molecule has 8 heteroatoms. The van der Waals surface area contributed by atoms with Crippen LogP contribution in [0.1, 0.15) is 0 Å². The molecule has 6 nitrogen and oxygen atoms in total. The van der Waals surface area contributed by atoms with Gasteiger partial charge in [-0.3, -0.25) is 0 Å². The summed E-state index contributed by atoms with van der Waals surface area (Å²) in [6, 6.07) is 168. The normalized spacial score (nSPS) is 12.0. The van der Waals surface area contributed by atoms with Crippen molar-refractivity contribution in [2.45, 2.75) is 0 Å². The number of anilines is 6. The summed E-state index contributed by atoms with van der Waals surface area (Å²) in [5, 5.41) is 18.7. The minimum absolute atomic E-state index is 0.850. The van der Waals surface area contributed by atoms with Gasteiger partial charge in [-0.2, -0.15) is 0 Å². The molecular formula is C128H76N2O4S2. The van der Waals surface area contributed by atoms with Crippen LogP contribution in [0, 0.1) is 0 Å². The molecule has 0 atom stereocenters. The molecule has 634 valence electrons. The summed E-state index contributed by atoms with van der Waals surface area (Å²) in [4.78, 5) is 4.76. The van der Waals surface area contributed by atoms with Crippen molar-refractivity contribution >= 4 is 206 Å². The molecule has 28 rings (SSSR count). The molecular weight excluding hydrogens is 1690 g/mol. The molecule has 0 aliphatic heterocycles. The lowest BCUT2D eigenvalue weighted by Crippen LogP contribution is -2.09. The SMILES string of the molecule is c1ccc2c(c1)oc1c(-c3ccc4cc(-c5ccc(N(c6ccc(-c7cccc8sc9ccccc9c78)cc6)c6ccc(-c7ccc(-c8ccc9c(c8)sc8cccc(-c%10ccc(N(c%11ccc(-c%12ccc%13cc(-c%14cccc%15oc%16ccccc%16c%14%15)ccc%13c%12)cc%11)c%11ccc(-c%12cccc%13oc%14ccccc%14c%12%13)cc%11)cc%10)c89)c8oc9ccccc9c78)cc6)cc5)ccc4c3)cccc12. The largest absolute Gasteiger partial charge is 0.456 e. The lowest BCUT2D eigenvalue weighted by Gasteiger charge is -2.26. The summed E-state index contributed by atoms with van der Waals surface area (Å²) < 4.78 is 31.3. The van der Waals surface area contributed by atoms with Crippen LogP contribution in [-0.2, 0) is 0 Å². The Morgan fingerprint density at radius 2 is 0.434 bits per heavy atom. The second-order valence-electron chi connectivity index (χ2n) is 35.6. The predicted octanol–water partition coefficient (Wildman–Crippen LogP) is 38.3. The third-order valence-electron chi connectivity index (χ3n) is 27.9. The summed E-state index contributed by atoms with van der Waals surface area (Å²) in [5.74, 6) is 0. The average molecular weight is 1770 g/mol. The zero-order chi connectivity index (χ0) is 89.2. The Bertz CT molecular complexity index is 9730. The number of thiophene rings is 2. The van der Waals surface area contributed by atoms with Gasteiger partial charge in [-0.25, -0.2) is 0 Å². The minimum atomic E-state index is 0.850. The van der Waals surface area contributed by atoms with Crippen molar-refractivity contribution in [3.05, 3.63) is 461 Å². The van der Waals surface area contributed by atoms with E-state index in [2.05, 4.69) is 434 Å². The Kier molecular flexibility index (Phi) is 17.7. The molecule has 0 bridgehead atoms. The smallest absolute Gasteiger partial charge is 0.143 e. The third-order valence-corrected chi connectivity index (χ3v) is 30.2. The second-order valence-corrected chi connectivity index (χ2v) is 37.7. The van der Waals surface area contributed by atoms with E-state index in [4.69, 9.17) is 17.7 Å². The molecule has 0 spiro atoms. The number of benzene rings is 22. The number of nitrogens with zero attached hydrogens (tertiary/aromatic N) is 2. The van der Waals surface area contributed by atoms with Crippen LogP contribution in [0.3, 0.4) is 0 Å². The lowest BCUT2D eigenvalue weighted by molar-refractivity contribution is 0.668. The van der Waals surface area contributed by atoms with Gasteiger partial charge in [-0.1, -0.05) is 297 Å². The monoisotopic (exact) mass is 1770 g/mol. The summed E-state index contributed by atoms with van der Waals surface area (Å²) in [6.07, 6.45) is 0. The Morgan fingerprint density at radius 1 is 0.147 bits per heavy atom. The van der Waals surface area contributed by atoms with E-state index in [1.165, 1.54) is 84.1 Å². The highest BCUT2D eigenvalue weighted by atomic mass is 32.1. The van der Waals surface area contributed by atoms with Crippen LogP contribution in [0.4, 0.5) is 34.1 Å². The predicted molar refractivity (Wildman–Crippen MR) is 575 cm³/mol. The highest BCUT2D eigenvalue weighted by Crippen LogP contribution is 2.51. The van der Waals surface area contributed by atoms with Gasteiger partial charge in [0.1, 0.15) is 44.7 Å². The fourth-order valence-corrected chi connectivity index (χ4v) is 23.7. The van der Waals surface area contributed by atoms with Crippen LogP contribution < -0.4 is 9.80 Å². The van der Waals surface area contributed by atoms with Crippen LogP contribution >= 0.6 is 22.7 Å². The lowest BCUT2D eigenvalue weighted by atomic mass is 9.93. The maximum atomic E-state index is 7.09. The molecule has 28 aromatic rings. The van der Waals surface area contributed by atoms with E-state index in [-0.39, 0.29) is 0 Å².